The van der Waals surface area contributed by atoms with Crippen molar-refractivity contribution in [3.63, 3.8) is 0 Å². The third-order valence-corrected chi connectivity index (χ3v) is 4.90. The van der Waals surface area contributed by atoms with Gasteiger partial charge in [0.2, 0.25) is 5.91 Å². The van der Waals surface area contributed by atoms with Crippen LogP contribution in [-0.2, 0) is 14.3 Å². The van der Waals surface area contributed by atoms with Crippen LogP contribution < -0.4 is 15.4 Å². The van der Waals surface area contributed by atoms with Crippen LogP contribution in [0.5, 0.6) is 5.75 Å². The summed E-state index contributed by atoms with van der Waals surface area (Å²) in [4.78, 5) is 37.1. The molecule has 154 valence electrons. The molecule has 0 saturated carbocycles. The van der Waals surface area contributed by atoms with E-state index in [0.717, 1.165) is 0 Å². The van der Waals surface area contributed by atoms with Crippen LogP contribution >= 0.6 is 11.8 Å². The summed E-state index contributed by atoms with van der Waals surface area (Å²) in [6.45, 7) is 3.75. The summed E-state index contributed by atoms with van der Waals surface area (Å²) in [7, 11) is 1.56. The summed E-state index contributed by atoms with van der Waals surface area (Å²) >= 11 is 1.21. The van der Waals surface area contributed by atoms with Crippen molar-refractivity contribution in [1.82, 2.24) is 5.32 Å². The van der Waals surface area contributed by atoms with E-state index in [1.807, 2.05) is 0 Å². The smallest absolute Gasteiger partial charge is 0.340 e. The Bertz CT molecular complexity index is 872. The Morgan fingerprint density at radius 3 is 2.59 bits per heavy atom. The number of anilines is 1. The minimum atomic E-state index is -0.906. The molecule has 0 radical (unpaired) electrons. The van der Waals surface area contributed by atoms with Gasteiger partial charge in [0.15, 0.2) is 6.10 Å². The molecular weight excluding hydrogens is 392 g/mol. The summed E-state index contributed by atoms with van der Waals surface area (Å²) in [5, 5.41) is 5.39. The fourth-order valence-electron chi connectivity index (χ4n) is 2.40. The molecule has 2 amide bonds. The first kappa shape index (κ1) is 22.3. The SMILES string of the molecule is CCNC(=O)[C@H](C)OC(=O)c1ccccc1SCC(=O)Nc1cccc(OC)c1. The van der Waals surface area contributed by atoms with Gasteiger partial charge in [0.1, 0.15) is 5.75 Å². The van der Waals surface area contributed by atoms with Gasteiger partial charge in [0.25, 0.3) is 5.91 Å². The van der Waals surface area contributed by atoms with E-state index in [0.29, 0.717) is 28.4 Å². The van der Waals surface area contributed by atoms with Gasteiger partial charge in [-0.05, 0) is 38.1 Å². The number of benzene rings is 2. The Morgan fingerprint density at radius 1 is 1.10 bits per heavy atom. The van der Waals surface area contributed by atoms with Crippen molar-refractivity contribution in [2.24, 2.45) is 0 Å². The first-order valence-electron chi connectivity index (χ1n) is 9.09. The number of likely N-dealkylation sites (N-methyl/N-ethyl adjacent to an activating group) is 1. The number of rotatable bonds is 9. The molecule has 7 nitrogen and oxygen atoms in total. The van der Waals surface area contributed by atoms with Crippen molar-refractivity contribution in [3.8, 4) is 5.75 Å². The highest BCUT2D eigenvalue weighted by atomic mass is 32.2. The number of hydrogen-bond acceptors (Lipinski definition) is 6. The lowest BCUT2D eigenvalue weighted by molar-refractivity contribution is -0.129. The summed E-state index contributed by atoms with van der Waals surface area (Å²) in [6.07, 6.45) is -0.906. The first-order valence-corrected chi connectivity index (χ1v) is 10.1. The minimum Gasteiger partial charge on any atom is -0.497 e. The summed E-state index contributed by atoms with van der Waals surface area (Å²) < 4.78 is 10.4. The van der Waals surface area contributed by atoms with Crippen molar-refractivity contribution in [2.75, 3.05) is 24.7 Å². The highest BCUT2D eigenvalue weighted by Crippen LogP contribution is 2.24. The molecule has 0 aliphatic rings. The lowest BCUT2D eigenvalue weighted by Gasteiger charge is -2.14. The first-order chi connectivity index (χ1) is 13.9. The van der Waals surface area contributed by atoms with E-state index in [4.69, 9.17) is 9.47 Å². The monoisotopic (exact) mass is 416 g/mol. The maximum Gasteiger partial charge on any atom is 0.340 e. The van der Waals surface area contributed by atoms with Crippen LogP contribution in [0.4, 0.5) is 5.69 Å². The van der Waals surface area contributed by atoms with Gasteiger partial charge in [-0.25, -0.2) is 4.79 Å². The van der Waals surface area contributed by atoms with Crippen molar-refractivity contribution in [2.45, 2.75) is 24.8 Å². The van der Waals surface area contributed by atoms with Gasteiger partial charge in [0.05, 0.1) is 18.4 Å². The number of methoxy groups -OCH3 is 1. The van der Waals surface area contributed by atoms with E-state index in [9.17, 15) is 14.4 Å². The third kappa shape index (κ3) is 6.83. The quantitative estimate of drug-likeness (QED) is 0.482. The fourth-order valence-corrected chi connectivity index (χ4v) is 3.24. The standard InChI is InChI=1S/C21H24N2O5S/c1-4-22-20(25)14(2)28-21(26)17-10-5-6-11-18(17)29-13-19(24)23-15-8-7-9-16(12-15)27-3/h5-12,14H,4,13H2,1-3H3,(H,22,25)(H,23,24)/t14-/m0/s1. The molecule has 0 saturated heterocycles. The minimum absolute atomic E-state index is 0.105. The molecule has 0 bridgehead atoms. The van der Waals surface area contributed by atoms with Crippen molar-refractivity contribution >= 4 is 35.2 Å². The Labute approximate surface area is 174 Å². The predicted molar refractivity (Wildman–Crippen MR) is 112 cm³/mol. The third-order valence-electron chi connectivity index (χ3n) is 3.82. The molecule has 2 aromatic rings. The number of esters is 1. The fraction of sp³-hybridized carbons (Fsp3) is 0.286. The van der Waals surface area contributed by atoms with Crippen LogP contribution in [0.2, 0.25) is 0 Å². The number of carbonyl (C=O) groups excluding carboxylic acids is 3. The Balaban J connectivity index is 1.98. The zero-order valence-electron chi connectivity index (χ0n) is 16.6. The lowest BCUT2D eigenvalue weighted by atomic mass is 10.2. The van der Waals surface area contributed by atoms with Gasteiger partial charge in [-0.1, -0.05) is 18.2 Å². The second-order valence-corrected chi connectivity index (χ2v) is 7.02. The number of thioether (sulfide) groups is 1. The van der Waals surface area contributed by atoms with Crippen LogP contribution in [0.25, 0.3) is 0 Å². The molecule has 0 unspecified atom stereocenters. The van der Waals surface area contributed by atoms with E-state index in [1.54, 1.807) is 62.6 Å². The average molecular weight is 416 g/mol. The summed E-state index contributed by atoms with van der Waals surface area (Å²) in [6, 6.07) is 13.9. The Morgan fingerprint density at radius 2 is 1.86 bits per heavy atom. The zero-order chi connectivity index (χ0) is 21.2. The molecule has 0 aliphatic carbocycles. The molecule has 0 fully saturated rings. The Kier molecular flexibility index (Phi) is 8.54. The lowest BCUT2D eigenvalue weighted by Crippen LogP contribution is -2.35. The van der Waals surface area contributed by atoms with Crippen molar-refractivity contribution in [3.05, 3.63) is 54.1 Å². The largest absolute Gasteiger partial charge is 0.497 e. The summed E-state index contributed by atoms with van der Waals surface area (Å²) in [5.41, 5.74) is 0.932. The molecular formula is C21H24N2O5S. The van der Waals surface area contributed by atoms with E-state index >= 15 is 0 Å². The van der Waals surface area contributed by atoms with Gasteiger partial charge in [-0.3, -0.25) is 9.59 Å². The summed E-state index contributed by atoms with van der Waals surface area (Å²) in [5.74, 6) is -0.441. The van der Waals surface area contributed by atoms with E-state index in [2.05, 4.69) is 10.6 Å². The maximum atomic E-state index is 12.5. The number of ether oxygens (including phenoxy) is 2. The van der Waals surface area contributed by atoms with Crippen LogP contribution in [0, 0.1) is 0 Å². The van der Waals surface area contributed by atoms with E-state index in [1.165, 1.54) is 18.7 Å². The number of amides is 2. The molecule has 2 N–H and O–H groups in total. The second kappa shape index (κ2) is 11.1. The highest BCUT2D eigenvalue weighted by molar-refractivity contribution is 8.00. The van der Waals surface area contributed by atoms with Crippen LogP contribution in [-0.4, -0.2) is 43.3 Å². The zero-order valence-corrected chi connectivity index (χ0v) is 17.4. The number of carbonyl (C=O) groups is 3. The second-order valence-electron chi connectivity index (χ2n) is 6.01. The molecule has 2 rings (SSSR count). The number of nitrogens with one attached hydrogen (secondary N) is 2. The molecule has 29 heavy (non-hydrogen) atoms. The molecule has 0 aliphatic heterocycles. The van der Waals surface area contributed by atoms with Crippen LogP contribution in [0.3, 0.4) is 0 Å². The van der Waals surface area contributed by atoms with Gasteiger partial charge in [-0.15, -0.1) is 11.8 Å². The molecule has 8 heteroatoms. The Hall–Kier alpha value is -3.00. The molecule has 0 heterocycles. The van der Waals surface area contributed by atoms with Gasteiger partial charge in [0, 0.05) is 23.2 Å². The van der Waals surface area contributed by atoms with Gasteiger partial charge in [-0.2, -0.15) is 0 Å². The molecule has 1 atom stereocenters. The average Bonchev–Trinajstić information content (AvgIpc) is 2.72. The van der Waals surface area contributed by atoms with Crippen LogP contribution in [0.1, 0.15) is 24.2 Å². The van der Waals surface area contributed by atoms with Crippen molar-refractivity contribution < 1.29 is 23.9 Å². The van der Waals surface area contributed by atoms with Gasteiger partial charge < -0.3 is 20.1 Å². The predicted octanol–water partition coefficient (Wildman–Crippen LogP) is 3.11. The van der Waals surface area contributed by atoms with Crippen LogP contribution in [0.15, 0.2) is 53.4 Å². The van der Waals surface area contributed by atoms with E-state index in [-0.39, 0.29) is 17.6 Å². The molecule has 0 aromatic heterocycles. The number of hydrogen-bond donors (Lipinski definition) is 2. The normalized spacial score (nSPS) is 11.3. The van der Waals surface area contributed by atoms with E-state index < -0.39 is 12.1 Å². The van der Waals surface area contributed by atoms with Gasteiger partial charge >= 0.3 is 5.97 Å². The highest BCUT2D eigenvalue weighted by Gasteiger charge is 2.20. The topological polar surface area (TPSA) is 93.7 Å². The molecule has 0 spiro atoms. The van der Waals surface area contributed by atoms with Crippen molar-refractivity contribution in [1.29, 1.82) is 0 Å². The maximum absolute atomic E-state index is 12.5. The molecule has 2 aromatic carbocycles.